The minimum Gasteiger partial charge on any atom is -0.356 e. The molecule has 2 nitrogen and oxygen atoms in total. The Bertz CT molecular complexity index is 344. The zero-order valence-corrected chi connectivity index (χ0v) is 11.4. The number of rotatable bonds is 2. The Morgan fingerprint density at radius 1 is 1.12 bits per heavy atom. The predicted molar refractivity (Wildman–Crippen MR) is 68.5 cm³/mol. The van der Waals surface area contributed by atoms with Crippen LogP contribution in [0.5, 0.6) is 0 Å². The summed E-state index contributed by atoms with van der Waals surface area (Å²) in [5.41, 5.74) is 0.872. The van der Waals surface area contributed by atoms with Crippen molar-refractivity contribution in [1.29, 1.82) is 0 Å². The minimum atomic E-state index is -0.0150. The zero-order valence-electron chi connectivity index (χ0n) is 11.4. The van der Waals surface area contributed by atoms with Gasteiger partial charge in [0, 0.05) is 6.54 Å². The first kappa shape index (κ1) is 11.6. The second-order valence-corrected chi connectivity index (χ2v) is 7.77. The van der Waals surface area contributed by atoms with Crippen LogP contribution in [-0.2, 0) is 4.79 Å². The maximum atomic E-state index is 12.5. The molecule has 1 N–H and O–H groups in total. The van der Waals surface area contributed by atoms with Crippen LogP contribution < -0.4 is 5.32 Å². The van der Waals surface area contributed by atoms with Crippen molar-refractivity contribution in [2.45, 2.75) is 59.3 Å². The lowest BCUT2D eigenvalue weighted by Crippen LogP contribution is -2.59. The molecule has 0 unspecified atom stereocenters. The molecule has 2 heteroatoms. The van der Waals surface area contributed by atoms with Crippen LogP contribution in [0.1, 0.15) is 59.3 Å². The first-order valence-electron chi connectivity index (χ1n) is 7.17. The Balaban J connectivity index is 1.94. The van der Waals surface area contributed by atoms with Gasteiger partial charge in [0.2, 0.25) is 5.91 Å². The van der Waals surface area contributed by atoms with Gasteiger partial charge in [0.25, 0.3) is 0 Å². The molecule has 4 aliphatic carbocycles. The van der Waals surface area contributed by atoms with E-state index < -0.39 is 0 Å². The molecular formula is C15H25NO. The van der Waals surface area contributed by atoms with Crippen molar-refractivity contribution in [2.24, 2.45) is 22.2 Å². The van der Waals surface area contributed by atoms with Crippen LogP contribution >= 0.6 is 0 Å². The summed E-state index contributed by atoms with van der Waals surface area (Å²) in [5, 5.41) is 3.10. The average Bonchev–Trinajstić information content (AvgIpc) is 2.11. The van der Waals surface area contributed by atoms with Gasteiger partial charge in [0.1, 0.15) is 0 Å². The van der Waals surface area contributed by atoms with Crippen LogP contribution in [0, 0.1) is 22.2 Å². The fourth-order valence-corrected chi connectivity index (χ4v) is 6.05. The van der Waals surface area contributed by atoms with Crippen molar-refractivity contribution in [3.8, 4) is 0 Å². The Kier molecular flexibility index (Phi) is 2.22. The van der Waals surface area contributed by atoms with E-state index in [1.54, 1.807) is 0 Å². The van der Waals surface area contributed by atoms with Gasteiger partial charge in [-0.1, -0.05) is 13.8 Å². The van der Waals surface area contributed by atoms with Crippen LogP contribution in [-0.4, -0.2) is 12.5 Å². The standard InChI is InChI=1S/C15H25NO/c1-4-16-12(17)15-7-11-5-13(2,9-15)8-14(3,6-11)10-15/h11H,4-10H2,1-3H3,(H,16,17)/t11?,13-,14-,15?/m1/s1. The van der Waals surface area contributed by atoms with E-state index in [4.69, 9.17) is 0 Å². The van der Waals surface area contributed by atoms with Gasteiger partial charge in [-0.15, -0.1) is 0 Å². The van der Waals surface area contributed by atoms with Crippen LogP contribution in [0.2, 0.25) is 0 Å². The third kappa shape index (κ3) is 1.63. The number of carbonyl (C=O) groups is 1. The second kappa shape index (κ2) is 3.27. The molecule has 4 rings (SSSR count). The summed E-state index contributed by atoms with van der Waals surface area (Å²) < 4.78 is 0. The van der Waals surface area contributed by atoms with E-state index in [1.165, 1.54) is 19.3 Å². The van der Waals surface area contributed by atoms with Crippen molar-refractivity contribution in [3.63, 3.8) is 0 Å². The summed E-state index contributed by atoms with van der Waals surface area (Å²) in [5.74, 6) is 1.16. The van der Waals surface area contributed by atoms with E-state index in [0.29, 0.717) is 16.7 Å². The molecule has 4 fully saturated rings. The Labute approximate surface area is 105 Å². The molecule has 0 heterocycles. The summed E-state index contributed by atoms with van der Waals surface area (Å²) in [7, 11) is 0. The molecule has 0 aromatic heterocycles. The number of carbonyl (C=O) groups excluding carboxylic acids is 1. The summed E-state index contributed by atoms with van der Waals surface area (Å²) in [6, 6.07) is 0. The third-order valence-corrected chi connectivity index (χ3v) is 5.45. The molecule has 0 aromatic carbocycles. The van der Waals surface area contributed by atoms with E-state index in [2.05, 4.69) is 19.2 Å². The molecule has 96 valence electrons. The fourth-order valence-electron chi connectivity index (χ4n) is 6.05. The Morgan fingerprint density at radius 3 is 2.18 bits per heavy atom. The van der Waals surface area contributed by atoms with Crippen molar-refractivity contribution in [3.05, 3.63) is 0 Å². The smallest absolute Gasteiger partial charge is 0.226 e. The van der Waals surface area contributed by atoms with E-state index >= 15 is 0 Å². The highest BCUT2D eigenvalue weighted by molar-refractivity contribution is 5.83. The maximum Gasteiger partial charge on any atom is 0.226 e. The third-order valence-electron chi connectivity index (χ3n) is 5.45. The van der Waals surface area contributed by atoms with Gasteiger partial charge >= 0.3 is 0 Å². The minimum absolute atomic E-state index is 0.0150. The highest BCUT2D eigenvalue weighted by Gasteiger charge is 2.62. The van der Waals surface area contributed by atoms with Gasteiger partial charge in [0.15, 0.2) is 0 Å². The molecule has 2 atom stereocenters. The van der Waals surface area contributed by atoms with Crippen molar-refractivity contribution in [1.82, 2.24) is 5.32 Å². The summed E-state index contributed by atoms with van der Waals surface area (Å²) in [4.78, 5) is 12.5. The molecule has 0 aliphatic heterocycles. The van der Waals surface area contributed by atoms with Crippen molar-refractivity contribution in [2.75, 3.05) is 6.54 Å². The van der Waals surface area contributed by atoms with Gasteiger partial charge in [-0.3, -0.25) is 4.79 Å². The number of nitrogens with one attached hydrogen (secondary N) is 1. The van der Waals surface area contributed by atoms with Crippen LogP contribution in [0.4, 0.5) is 0 Å². The SMILES string of the molecule is CCNC(=O)C12CC3C[C@@](C)(C1)C[C@@](C)(C3)C2. The molecule has 0 radical (unpaired) electrons. The summed E-state index contributed by atoms with van der Waals surface area (Å²) in [6.45, 7) is 7.65. The molecule has 17 heavy (non-hydrogen) atoms. The Morgan fingerprint density at radius 2 is 1.71 bits per heavy atom. The van der Waals surface area contributed by atoms with Crippen molar-refractivity contribution < 1.29 is 4.79 Å². The molecular weight excluding hydrogens is 210 g/mol. The normalized spacial score (nSPS) is 51.6. The molecule has 0 saturated heterocycles. The fraction of sp³-hybridized carbons (Fsp3) is 0.933. The number of amides is 1. The van der Waals surface area contributed by atoms with E-state index in [9.17, 15) is 4.79 Å². The Hall–Kier alpha value is -0.530. The highest BCUT2D eigenvalue weighted by atomic mass is 16.2. The van der Waals surface area contributed by atoms with E-state index in [1.807, 2.05) is 6.92 Å². The lowest BCUT2D eigenvalue weighted by Gasteiger charge is -2.64. The largest absolute Gasteiger partial charge is 0.356 e. The first-order valence-corrected chi connectivity index (χ1v) is 7.17. The lowest BCUT2D eigenvalue weighted by molar-refractivity contribution is -0.170. The molecule has 4 saturated carbocycles. The molecule has 1 amide bonds. The van der Waals surface area contributed by atoms with Crippen LogP contribution in [0.3, 0.4) is 0 Å². The van der Waals surface area contributed by atoms with Gasteiger partial charge in [-0.25, -0.2) is 0 Å². The maximum absolute atomic E-state index is 12.5. The molecule has 0 spiro atoms. The van der Waals surface area contributed by atoms with E-state index in [0.717, 1.165) is 31.7 Å². The lowest BCUT2D eigenvalue weighted by atomic mass is 9.40. The second-order valence-electron chi connectivity index (χ2n) is 7.77. The topological polar surface area (TPSA) is 29.1 Å². The summed E-state index contributed by atoms with van der Waals surface area (Å²) in [6.07, 6.45) is 7.50. The van der Waals surface area contributed by atoms with Gasteiger partial charge in [0.05, 0.1) is 5.41 Å². The summed E-state index contributed by atoms with van der Waals surface area (Å²) >= 11 is 0. The quantitative estimate of drug-likeness (QED) is 0.783. The monoisotopic (exact) mass is 235 g/mol. The van der Waals surface area contributed by atoms with E-state index in [-0.39, 0.29) is 5.41 Å². The van der Waals surface area contributed by atoms with Crippen molar-refractivity contribution >= 4 is 5.91 Å². The molecule has 4 bridgehead atoms. The number of hydrogen-bond donors (Lipinski definition) is 1. The molecule has 4 aliphatic rings. The average molecular weight is 235 g/mol. The van der Waals surface area contributed by atoms with Gasteiger partial charge in [-0.05, 0) is 62.2 Å². The van der Waals surface area contributed by atoms with Crippen LogP contribution in [0.25, 0.3) is 0 Å². The highest BCUT2D eigenvalue weighted by Crippen LogP contribution is 2.69. The first-order chi connectivity index (χ1) is 7.89. The van der Waals surface area contributed by atoms with Gasteiger partial charge in [-0.2, -0.15) is 0 Å². The van der Waals surface area contributed by atoms with Crippen LogP contribution in [0.15, 0.2) is 0 Å². The van der Waals surface area contributed by atoms with Gasteiger partial charge < -0.3 is 5.32 Å². The predicted octanol–water partition coefficient (Wildman–Crippen LogP) is 3.12. The molecule has 0 aromatic rings. The zero-order chi connectivity index (χ0) is 12.3. The number of hydrogen-bond acceptors (Lipinski definition) is 1.